The summed E-state index contributed by atoms with van der Waals surface area (Å²) in [4.78, 5) is 26.4. The maximum Gasteiger partial charge on any atom is 0.244 e. The van der Waals surface area contributed by atoms with Gasteiger partial charge in [0.15, 0.2) is 0 Å². The maximum absolute atomic E-state index is 12.6. The van der Waals surface area contributed by atoms with E-state index in [1.54, 1.807) is 6.92 Å². The van der Waals surface area contributed by atoms with Gasteiger partial charge in [-0.05, 0) is 30.0 Å². The van der Waals surface area contributed by atoms with E-state index in [2.05, 4.69) is 5.32 Å². The lowest BCUT2D eigenvalue weighted by molar-refractivity contribution is -0.128. The first kappa shape index (κ1) is 18.1. The molecule has 26 heavy (non-hydrogen) atoms. The molecule has 2 aromatic carbocycles. The van der Waals surface area contributed by atoms with Crippen LogP contribution in [0.1, 0.15) is 36.5 Å². The normalized spacial score (nSPS) is 16.4. The highest BCUT2D eigenvalue weighted by Crippen LogP contribution is 2.19. The molecule has 1 aliphatic rings. The first-order valence-electron chi connectivity index (χ1n) is 8.96. The summed E-state index contributed by atoms with van der Waals surface area (Å²) in [6.45, 7) is 3.49. The van der Waals surface area contributed by atoms with Crippen molar-refractivity contribution in [3.05, 3.63) is 71.3 Å². The van der Waals surface area contributed by atoms with Crippen molar-refractivity contribution in [1.82, 2.24) is 10.2 Å². The largest absolute Gasteiger partial charge is 0.350 e. The Kier molecular flexibility index (Phi) is 5.38. The van der Waals surface area contributed by atoms with E-state index in [1.807, 2.05) is 59.5 Å². The molecule has 5 nitrogen and oxygen atoms in total. The Bertz CT molecular complexity index is 787. The van der Waals surface area contributed by atoms with Crippen LogP contribution in [0.3, 0.4) is 0 Å². The Morgan fingerprint density at radius 1 is 1.12 bits per heavy atom. The third-order valence-electron chi connectivity index (χ3n) is 4.94. The fourth-order valence-electron chi connectivity index (χ4n) is 3.24. The van der Waals surface area contributed by atoms with Gasteiger partial charge in [0.05, 0.1) is 0 Å². The maximum atomic E-state index is 12.6. The average molecular weight is 351 g/mol. The zero-order valence-corrected chi connectivity index (χ0v) is 15.1. The number of hydrogen-bond donors (Lipinski definition) is 2. The topological polar surface area (TPSA) is 75.4 Å². The van der Waals surface area contributed by atoms with Crippen molar-refractivity contribution >= 4 is 11.8 Å². The molecular weight excluding hydrogens is 326 g/mol. The van der Waals surface area contributed by atoms with Gasteiger partial charge in [-0.1, -0.05) is 54.6 Å². The van der Waals surface area contributed by atoms with Crippen molar-refractivity contribution in [1.29, 1.82) is 0 Å². The number of carbonyl (C=O) groups is 2. The van der Waals surface area contributed by atoms with Crippen molar-refractivity contribution in [3.63, 3.8) is 0 Å². The average Bonchev–Trinajstić information content (AvgIpc) is 3.06. The molecule has 1 heterocycles. The highest BCUT2D eigenvalue weighted by Gasteiger charge is 2.30. The van der Waals surface area contributed by atoms with E-state index in [0.29, 0.717) is 19.5 Å². The molecule has 1 fully saturated rings. The van der Waals surface area contributed by atoms with Gasteiger partial charge in [0.2, 0.25) is 11.8 Å². The van der Waals surface area contributed by atoms with Crippen LogP contribution in [-0.2, 0) is 28.2 Å². The Hall–Kier alpha value is -2.66. The van der Waals surface area contributed by atoms with Crippen LogP contribution in [-0.4, -0.2) is 23.3 Å². The van der Waals surface area contributed by atoms with Gasteiger partial charge in [-0.25, -0.2) is 0 Å². The van der Waals surface area contributed by atoms with Gasteiger partial charge in [0, 0.05) is 26.1 Å². The van der Waals surface area contributed by atoms with Crippen molar-refractivity contribution in [3.8, 4) is 0 Å². The molecule has 0 aromatic heterocycles. The summed E-state index contributed by atoms with van der Waals surface area (Å²) in [5, 5.41) is 2.95. The van der Waals surface area contributed by atoms with Gasteiger partial charge < -0.3 is 16.0 Å². The Balaban J connectivity index is 1.68. The van der Waals surface area contributed by atoms with Crippen molar-refractivity contribution in [2.45, 2.75) is 38.4 Å². The molecule has 0 bridgehead atoms. The first-order chi connectivity index (χ1) is 12.5. The molecule has 136 valence electrons. The second-order valence-electron chi connectivity index (χ2n) is 6.94. The monoisotopic (exact) mass is 351 g/mol. The van der Waals surface area contributed by atoms with E-state index in [4.69, 9.17) is 5.73 Å². The minimum absolute atomic E-state index is 0.197. The van der Waals surface area contributed by atoms with Crippen LogP contribution in [0.25, 0.3) is 0 Å². The first-order valence-corrected chi connectivity index (χ1v) is 8.96. The van der Waals surface area contributed by atoms with Crippen LogP contribution in [0, 0.1) is 0 Å². The molecule has 2 amide bonds. The lowest BCUT2D eigenvalue weighted by Crippen LogP contribution is -2.48. The standard InChI is InChI=1S/C21H25N3O2/c1-21(22,18-10-3-2-4-11-18)20(26)23-14-16-8-5-6-9-17(16)15-24-13-7-12-19(24)25/h2-6,8-11H,7,12-15,22H2,1H3,(H,23,26). The number of nitrogens with zero attached hydrogens (tertiary/aromatic N) is 1. The molecular formula is C21H25N3O2. The zero-order valence-electron chi connectivity index (χ0n) is 15.1. The van der Waals surface area contributed by atoms with Gasteiger partial charge in [0.1, 0.15) is 5.54 Å². The van der Waals surface area contributed by atoms with Crippen molar-refractivity contribution in [2.24, 2.45) is 5.73 Å². The number of hydrogen-bond acceptors (Lipinski definition) is 3. The van der Waals surface area contributed by atoms with E-state index < -0.39 is 5.54 Å². The molecule has 3 N–H and O–H groups in total. The smallest absolute Gasteiger partial charge is 0.244 e. The molecule has 0 spiro atoms. The molecule has 1 saturated heterocycles. The molecule has 1 atom stereocenters. The van der Waals surface area contributed by atoms with E-state index in [0.717, 1.165) is 29.7 Å². The minimum Gasteiger partial charge on any atom is -0.350 e. The molecule has 5 heteroatoms. The second kappa shape index (κ2) is 7.70. The van der Waals surface area contributed by atoms with E-state index in [-0.39, 0.29) is 11.8 Å². The number of nitrogens with one attached hydrogen (secondary N) is 1. The summed E-state index contributed by atoms with van der Waals surface area (Å²) in [5.74, 6) is -0.0294. The fraction of sp³-hybridized carbons (Fsp3) is 0.333. The highest BCUT2D eigenvalue weighted by atomic mass is 16.2. The molecule has 1 unspecified atom stereocenters. The summed E-state index contributed by atoms with van der Waals surface area (Å²) in [6, 6.07) is 17.2. The number of rotatable bonds is 6. The lowest BCUT2D eigenvalue weighted by atomic mass is 9.92. The minimum atomic E-state index is -1.10. The SMILES string of the molecule is CC(N)(C(=O)NCc1ccccc1CN1CCCC1=O)c1ccccc1. The number of carbonyl (C=O) groups excluding carboxylic acids is 2. The molecule has 0 saturated carbocycles. The van der Waals surface area contributed by atoms with Gasteiger partial charge in [-0.3, -0.25) is 9.59 Å². The summed E-state index contributed by atoms with van der Waals surface area (Å²) in [5.41, 5.74) is 8.01. The Morgan fingerprint density at radius 2 is 1.77 bits per heavy atom. The Morgan fingerprint density at radius 3 is 2.42 bits per heavy atom. The number of likely N-dealkylation sites (tertiary alicyclic amines) is 1. The predicted octanol–water partition coefficient (Wildman–Crippen LogP) is 2.30. The fourth-order valence-corrected chi connectivity index (χ4v) is 3.24. The quantitative estimate of drug-likeness (QED) is 0.838. The van der Waals surface area contributed by atoms with Gasteiger partial charge in [0.25, 0.3) is 0 Å². The lowest BCUT2D eigenvalue weighted by Gasteiger charge is -2.25. The van der Waals surface area contributed by atoms with E-state index in [9.17, 15) is 9.59 Å². The molecule has 0 aliphatic carbocycles. The van der Waals surface area contributed by atoms with Crippen LogP contribution < -0.4 is 11.1 Å². The van der Waals surface area contributed by atoms with Crippen LogP contribution in [0.15, 0.2) is 54.6 Å². The summed E-state index contributed by atoms with van der Waals surface area (Å²) in [7, 11) is 0. The Labute approximate surface area is 154 Å². The number of amides is 2. The summed E-state index contributed by atoms with van der Waals surface area (Å²) >= 11 is 0. The van der Waals surface area contributed by atoms with Crippen LogP contribution in [0.2, 0.25) is 0 Å². The molecule has 1 aliphatic heterocycles. The van der Waals surface area contributed by atoms with Gasteiger partial charge in [-0.2, -0.15) is 0 Å². The highest BCUT2D eigenvalue weighted by molar-refractivity contribution is 5.87. The van der Waals surface area contributed by atoms with Crippen LogP contribution in [0.5, 0.6) is 0 Å². The molecule has 0 radical (unpaired) electrons. The summed E-state index contributed by atoms with van der Waals surface area (Å²) < 4.78 is 0. The summed E-state index contributed by atoms with van der Waals surface area (Å²) in [6.07, 6.45) is 1.54. The molecule has 3 rings (SSSR count). The number of nitrogens with two attached hydrogens (primary N) is 1. The third-order valence-corrected chi connectivity index (χ3v) is 4.94. The predicted molar refractivity (Wildman–Crippen MR) is 101 cm³/mol. The van der Waals surface area contributed by atoms with Gasteiger partial charge in [-0.15, -0.1) is 0 Å². The number of benzene rings is 2. The van der Waals surface area contributed by atoms with E-state index >= 15 is 0 Å². The zero-order chi connectivity index (χ0) is 18.6. The van der Waals surface area contributed by atoms with E-state index in [1.165, 1.54) is 0 Å². The van der Waals surface area contributed by atoms with Gasteiger partial charge >= 0.3 is 0 Å². The third kappa shape index (κ3) is 3.94. The van der Waals surface area contributed by atoms with Crippen LogP contribution >= 0.6 is 0 Å². The van der Waals surface area contributed by atoms with Crippen molar-refractivity contribution in [2.75, 3.05) is 6.54 Å². The molecule has 2 aromatic rings. The van der Waals surface area contributed by atoms with Crippen molar-refractivity contribution < 1.29 is 9.59 Å². The van der Waals surface area contributed by atoms with Crippen LogP contribution in [0.4, 0.5) is 0 Å². The second-order valence-corrected chi connectivity index (χ2v) is 6.94.